The Balaban J connectivity index is 2.02. The summed E-state index contributed by atoms with van der Waals surface area (Å²) in [4.78, 5) is 29.0. The zero-order chi connectivity index (χ0) is 13.1. The van der Waals surface area contributed by atoms with Crippen LogP contribution in [0.15, 0.2) is 4.79 Å². The van der Waals surface area contributed by atoms with Crippen LogP contribution in [0.1, 0.15) is 22.6 Å². The molecule has 1 unspecified atom stereocenters. The van der Waals surface area contributed by atoms with Crippen LogP contribution >= 0.6 is 0 Å². The molecule has 7 heteroatoms. The van der Waals surface area contributed by atoms with Crippen molar-refractivity contribution in [2.24, 2.45) is 5.92 Å². The van der Waals surface area contributed by atoms with E-state index < -0.39 is 11.7 Å². The predicted molar refractivity (Wildman–Crippen MR) is 63.6 cm³/mol. The molecule has 1 atom stereocenters. The number of hydrogen-bond donors (Lipinski definition) is 3. The van der Waals surface area contributed by atoms with Crippen LogP contribution in [0, 0.1) is 5.92 Å². The van der Waals surface area contributed by atoms with Crippen LogP contribution in [0.3, 0.4) is 0 Å². The second kappa shape index (κ2) is 5.36. The highest BCUT2D eigenvalue weighted by molar-refractivity contribution is 5.86. The van der Waals surface area contributed by atoms with Gasteiger partial charge in [0.05, 0.1) is 12.3 Å². The summed E-state index contributed by atoms with van der Waals surface area (Å²) in [5, 5.41) is 8.96. The zero-order valence-electron chi connectivity index (χ0n) is 10.2. The second-order valence-corrected chi connectivity index (χ2v) is 4.58. The van der Waals surface area contributed by atoms with Gasteiger partial charge in [-0.05, 0) is 18.9 Å². The Kier molecular flexibility index (Phi) is 3.83. The molecule has 1 aromatic rings. The number of H-pyrrole nitrogens is 2. The van der Waals surface area contributed by atoms with Gasteiger partial charge in [-0.1, -0.05) is 0 Å². The van der Waals surface area contributed by atoms with E-state index in [1.807, 2.05) is 0 Å². The summed E-state index contributed by atoms with van der Waals surface area (Å²) < 4.78 is 5.11. The first-order valence-corrected chi connectivity index (χ1v) is 5.86. The lowest BCUT2D eigenvalue weighted by Crippen LogP contribution is -2.22. The van der Waals surface area contributed by atoms with E-state index in [9.17, 15) is 9.59 Å². The maximum absolute atomic E-state index is 11.1. The molecule has 7 nitrogen and oxygen atoms in total. The number of aromatic carboxylic acids is 1. The molecular formula is C11H17N3O4. The Morgan fingerprint density at radius 2 is 2.33 bits per heavy atom. The number of nitrogens with zero attached hydrogens (tertiary/aromatic N) is 1. The minimum atomic E-state index is -1.11. The molecule has 1 aromatic heterocycles. The monoisotopic (exact) mass is 255 g/mol. The fraction of sp³-hybridized carbons (Fsp3) is 0.636. The molecule has 0 saturated carbocycles. The van der Waals surface area contributed by atoms with E-state index in [1.54, 1.807) is 7.11 Å². The third-order valence-electron chi connectivity index (χ3n) is 3.17. The van der Waals surface area contributed by atoms with Crippen LogP contribution < -0.4 is 5.69 Å². The highest BCUT2D eigenvalue weighted by Crippen LogP contribution is 2.18. The lowest BCUT2D eigenvalue weighted by Gasteiger charge is -2.15. The van der Waals surface area contributed by atoms with Crippen molar-refractivity contribution >= 4 is 5.97 Å². The van der Waals surface area contributed by atoms with Crippen LogP contribution in [0.4, 0.5) is 0 Å². The molecule has 0 aromatic carbocycles. The number of likely N-dealkylation sites (tertiary alicyclic amines) is 1. The summed E-state index contributed by atoms with van der Waals surface area (Å²) in [5.41, 5.74) is -0.0872. The lowest BCUT2D eigenvalue weighted by molar-refractivity contribution is 0.0688. The number of carboxylic acids is 1. The normalized spacial score (nSPS) is 20.4. The van der Waals surface area contributed by atoms with Crippen molar-refractivity contribution in [1.82, 2.24) is 14.9 Å². The van der Waals surface area contributed by atoms with E-state index in [0.717, 1.165) is 19.5 Å². The Bertz CT molecular complexity index is 479. The van der Waals surface area contributed by atoms with Crippen molar-refractivity contribution in [2.75, 3.05) is 26.8 Å². The fourth-order valence-corrected chi connectivity index (χ4v) is 2.37. The summed E-state index contributed by atoms with van der Waals surface area (Å²) in [7, 11) is 1.68. The highest BCUT2D eigenvalue weighted by atomic mass is 16.5. The third kappa shape index (κ3) is 2.80. The molecule has 1 aliphatic rings. The third-order valence-corrected chi connectivity index (χ3v) is 3.17. The molecule has 0 aliphatic carbocycles. The standard InChI is InChI=1S/C11H17N3O4/c1-18-6-7-2-3-14(4-7)5-8-9(10(15)16)13-11(17)12-8/h7H,2-6H2,1H3,(H,15,16)(H2,12,13,17). The Morgan fingerprint density at radius 3 is 3.00 bits per heavy atom. The molecule has 100 valence electrons. The molecule has 0 bridgehead atoms. The van der Waals surface area contributed by atoms with Crippen molar-refractivity contribution in [3.8, 4) is 0 Å². The summed E-state index contributed by atoms with van der Waals surface area (Å²) >= 11 is 0. The predicted octanol–water partition coefficient (Wildman–Crippen LogP) is -0.130. The van der Waals surface area contributed by atoms with Crippen LogP contribution in [0.2, 0.25) is 0 Å². The molecule has 0 spiro atoms. The van der Waals surface area contributed by atoms with E-state index in [2.05, 4.69) is 14.9 Å². The smallest absolute Gasteiger partial charge is 0.354 e. The Morgan fingerprint density at radius 1 is 1.56 bits per heavy atom. The minimum Gasteiger partial charge on any atom is -0.477 e. The Hall–Kier alpha value is -1.60. The van der Waals surface area contributed by atoms with E-state index in [-0.39, 0.29) is 5.69 Å². The minimum absolute atomic E-state index is 0.0461. The summed E-state index contributed by atoms with van der Waals surface area (Å²) in [5.74, 6) is -0.634. The second-order valence-electron chi connectivity index (χ2n) is 4.58. The molecule has 2 rings (SSSR count). The molecule has 0 radical (unpaired) electrons. The topological polar surface area (TPSA) is 98.4 Å². The molecule has 18 heavy (non-hydrogen) atoms. The number of methoxy groups -OCH3 is 1. The fourth-order valence-electron chi connectivity index (χ4n) is 2.37. The molecular weight excluding hydrogens is 238 g/mol. The number of aromatic nitrogens is 2. The summed E-state index contributed by atoms with van der Waals surface area (Å²) in [6, 6.07) is 0. The number of rotatable bonds is 5. The average molecular weight is 255 g/mol. The van der Waals surface area contributed by atoms with E-state index in [0.29, 0.717) is 24.8 Å². The van der Waals surface area contributed by atoms with Gasteiger partial charge in [0.2, 0.25) is 0 Å². The van der Waals surface area contributed by atoms with E-state index in [1.165, 1.54) is 0 Å². The van der Waals surface area contributed by atoms with Crippen molar-refractivity contribution in [3.63, 3.8) is 0 Å². The molecule has 3 N–H and O–H groups in total. The lowest BCUT2D eigenvalue weighted by atomic mass is 10.1. The van der Waals surface area contributed by atoms with Crippen LogP contribution in [0.5, 0.6) is 0 Å². The highest BCUT2D eigenvalue weighted by Gasteiger charge is 2.24. The van der Waals surface area contributed by atoms with Crippen molar-refractivity contribution in [2.45, 2.75) is 13.0 Å². The maximum Gasteiger partial charge on any atom is 0.354 e. The number of nitrogens with one attached hydrogen (secondary N) is 2. The first-order chi connectivity index (χ1) is 8.60. The number of carbonyl (C=O) groups is 1. The van der Waals surface area contributed by atoms with Crippen LogP contribution in [0.25, 0.3) is 0 Å². The van der Waals surface area contributed by atoms with Crippen molar-refractivity contribution in [3.05, 3.63) is 21.9 Å². The van der Waals surface area contributed by atoms with Gasteiger partial charge >= 0.3 is 11.7 Å². The van der Waals surface area contributed by atoms with Crippen molar-refractivity contribution in [1.29, 1.82) is 0 Å². The summed E-state index contributed by atoms with van der Waals surface area (Å²) in [6.45, 7) is 2.91. The van der Waals surface area contributed by atoms with Gasteiger partial charge in [0.15, 0.2) is 0 Å². The molecule has 2 heterocycles. The number of hydrogen-bond acceptors (Lipinski definition) is 4. The van der Waals surface area contributed by atoms with E-state index >= 15 is 0 Å². The molecule has 1 fully saturated rings. The van der Waals surface area contributed by atoms with E-state index in [4.69, 9.17) is 9.84 Å². The Labute approximate surface area is 104 Å². The maximum atomic E-state index is 11.1. The molecule has 1 saturated heterocycles. The van der Waals surface area contributed by atoms with Gasteiger partial charge in [0.25, 0.3) is 0 Å². The van der Waals surface area contributed by atoms with Crippen LogP contribution in [-0.2, 0) is 11.3 Å². The van der Waals surface area contributed by atoms with Gasteiger partial charge in [-0.25, -0.2) is 9.59 Å². The van der Waals surface area contributed by atoms with Crippen molar-refractivity contribution < 1.29 is 14.6 Å². The molecule has 1 aliphatic heterocycles. The number of imidazole rings is 1. The number of ether oxygens (including phenoxy) is 1. The van der Waals surface area contributed by atoms with Gasteiger partial charge < -0.3 is 14.8 Å². The zero-order valence-corrected chi connectivity index (χ0v) is 10.2. The number of carboxylic acid groups (broad SMARTS) is 1. The first kappa shape index (κ1) is 12.8. The van der Waals surface area contributed by atoms with Crippen LogP contribution in [-0.4, -0.2) is 52.7 Å². The van der Waals surface area contributed by atoms with Gasteiger partial charge in [-0.3, -0.25) is 9.88 Å². The largest absolute Gasteiger partial charge is 0.477 e. The summed E-state index contributed by atoms with van der Waals surface area (Å²) in [6.07, 6.45) is 1.03. The SMILES string of the molecule is COCC1CCN(Cc2[nH]c(=O)[nH]c2C(=O)O)C1. The van der Waals surface area contributed by atoms with Gasteiger partial charge in [-0.15, -0.1) is 0 Å². The quantitative estimate of drug-likeness (QED) is 0.680. The average Bonchev–Trinajstić information content (AvgIpc) is 2.87. The molecule has 0 amide bonds. The van der Waals surface area contributed by atoms with Gasteiger partial charge in [0.1, 0.15) is 5.69 Å². The van der Waals surface area contributed by atoms with Gasteiger partial charge in [0, 0.05) is 20.2 Å². The number of aromatic amines is 2. The first-order valence-electron chi connectivity index (χ1n) is 5.86. The van der Waals surface area contributed by atoms with Gasteiger partial charge in [-0.2, -0.15) is 0 Å².